The van der Waals surface area contributed by atoms with Gasteiger partial charge in [0, 0.05) is 24.2 Å². The molecule has 0 atom stereocenters. The molecule has 3 rings (SSSR count). The van der Waals surface area contributed by atoms with E-state index < -0.39 is 10.8 Å². The average molecular weight is 424 g/mol. The molecule has 0 unspecified atom stereocenters. The molecular weight excluding hydrogens is 402 g/mol. The zero-order chi connectivity index (χ0) is 21.7. The number of carbonyl (C=O) groups is 1. The van der Waals surface area contributed by atoms with Crippen LogP contribution in [0.1, 0.15) is 21.5 Å². The van der Waals surface area contributed by atoms with Gasteiger partial charge in [0.15, 0.2) is 0 Å². The van der Waals surface area contributed by atoms with Crippen LogP contribution < -0.4 is 5.32 Å². The molecule has 1 amide bonds. The van der Waals surface area contributed by atoms with Crippen LogP contribution in [0.4, 0.5) is 5.69 Å². The zero-order valence-electron chi connectivity index (χ0n) is 16.8. The largest absolute Gasteiger partial charge is 0.348 e. The molecular formula is C23H22ClN3O3. The van der Waals surface area contributed by atoms with Crippen LogP contribution in [0.3, 0.4) is 0 Å². The van der Waals surface area contributed by atoms with Crippen LogP contribution in [-0.4, -0.2) is 29.8 Å². The second-order valence-electron chi connectivity index (χ2n) is 7.19. The van der Waals surface area contributed by atoms with Crippen molar-refractivity contribution >= 4 is 23.2 Å². The van der Waals surface area contributed by atoms with Gasteiger partial charge in [0.1, 0.15) is 5.56 Å². The number of benzene rings is 3. The van der Waals surface area contributed by atoms with E-state index in [4.69, 9.17) is 11.6 Å². The Balaban J connectivity index is 1.79. The minimum Gasteiger partial charge on any atom is -0.348 e. The maximum Gasteiger partial charge on any atom is 0.283 e. The van der Waals surface area contributed by atoms with E-state index in [-0.39, 0.29) is 22.8 Å². The number of rotatable bonds is 7. The SMILES string of the molecule is CN(C)Cc1ccc(-c2ccccc2CNC(=O)c2ccc(Cl)cc2[N+](=O)[O-])cc1. The van der Waals surface area contributed by atoms with Crippen LogP contribution in [0, 0.1) is 10.1 Å². The lowest BCUT2D eigenvalue weighted by Gasteiger charge is -2.13. The standard InChI is InChI=1S/C23H22ClN3O3/c1-26(2)15-16-7-9-17(10-8-16)20-6-4-3-5-18(20)14-25-23(28)21-12-11-19(24)13-22(21)27(29)30/h3-13H,14-15H2,1-2H3,(H,25,28). The van der Waals surface area contributed by atoms with Crippen molar-refractivity contribution in [1.82, 2.24) is 10.2 Å². The number of hydrogen-bond acceptors (Lipinski definition) is 4. The number of nitrogens with one attached hydrogen (secondary N) is 1. The Hall–Kier alpha value is -3.22. The summed E-state index contributed by atoms with van der Waals surface area (Å²) in [5, 5.41) is 14.2. The van der Waals surface area contributed by atoms with Gasteiger partial charge in [-0.3, -0.25) is 14.9 Å². The Morgan fingerprint density at radius 2 is 1.77 bits per heavy atom. The summed E-state index contributed by atoms with van der Waals surface area (Å²) in [5.41, 5.74) is 3.84. The van der Waals surface area contributed by atoms with Gasteiger partial charge in [-0.1, -0.05) is 60.1 Å². The van der Waals surface area contributed by atoms with Crippen LogP contribution in [0.15, 0.2) is 66.7 Å². The quantitative estimate of drug-likeness (QED) is 0.433. The summed E-state index contributed by atoms with van der Waals surface area (Å²) in [6.07, 6.45) is 0. The van der Waals surface area contributed by atoms with Crippen LogP contribution >= 0.6 is 11.6 Å². The van der Waals surface area contributed by atoms with E-state index in [1.54, 1.807) is 0 Å². The van der Waals surface area contributed by atoms with Crippen molar-refractivity contribution in [1.29, 1.82) is 0 Å². The lowest BCUT2D eigenvalue weighted by Crippen LogP contribution is -2.24. The normalized spacial score (nSPS) is 10.8. The highest BCUT2D eigenvalue weighted by Crippen LogP contribution is 2.26. The summed E-state index contributed by atoms with van der Waals surface area (Å²) in [6.45, 7) is 1.10. The second kappa shape index (κ2) is 9.52. The highest BCUT2D eigenvalue weighted by atomic mass is 35.5. The van der Waals surface area contributed by atoms with Crippen molar-refractivity contribution in [3.8, 4) is 11.1 Å². The second-order valence-corrected chi connectivity index (χ2v) is 7.63. The fraction of sp³-hybridized carbons (Fsp3) is 0.174. The molecule has 1 N–H and O–H groups in total. The number of nitro benzene ring substituents is 1. The zero-order valence-corrected chi connectivity index (χ0v) is 17.5. The molecule has 0 heterocycles. The van der Waals surface area contributed by atoms with E-state index in [9.17, 15) is 14.9 Å². The first-order chi connectivity index (χ1) is 14.3. The smallest absolute Gasteiger partial charge is 0.283 e. The molecule has 0 saturated carbocycles. The number of nitro groups is 1. The summed E-state index contributed by atoms with van der Waals surface area (Å²) in [7, 11) is 4.05. The van der Waals surface area contributed by atoms with Crippen molar-refractivity contribution in [3.05, 3.63) is 98.6 Å². The third kappa shape index (κ3) is 5.23. The van der Waals surface area contributed by atoms with Crippen molar-refractivity contribution in [2.75, 3.05) is 14.1 Å². The average Bonchev–Trinajstić information content (AvgIpc) is 2.72. The highest BCUT2D eigenvalue weighted by molar-refractivity contribution is 6.31. The van der Waals surface area contributed by atoms with Crippen molar-refractivity contribution in [2.24, 2.45) is 0 Å². The summed E-state index contributed by atoms with van der Waals surface area (Å²) in [4.78, 5) is 25.3. The van der Waals surface area contributed by atoms with Gasteiger partial charge in [-0.15, -0.1) is 0 Å². The molecule has 3 aromatic carbocycles. The number of hydrogen-bond donors (Lipinski definition) is 1. The molecule has 0 bridgehead atoms. The van der Waals surface area contributed by atoms with E-state index in [2.05, 4.69) is 34.5 Å². The number of carbonyl (C=O) groups excluding carboxylic acids is 1. The molecule has 0 radical (unpaired) electrons. The molecule has 154 valence electrons. The highest BCUT2D eigenvalue weighted by Gasteiger charge is 2.20. The van der Waals surface area contributed by atoms with Crippen LogP contribution in [0.25, 0.3) is 11.1 Å². The van der Waals surface area contributed by atoms with Gasteiger partial charge in [-0.2, -0.15) is 0 Å². The lowest BCUT2D eigenvalue weighted by molar-refractivity contribution is -0.385. The molecule has 0 saturated heterocycles. The Bertz CT molecular complexity index is 1070. The van der Waals surface area contributed by atoms with Gasteiger partial charge < -0.3 is 10.2 Å². The van der Waals surface area contributed by atoms with Crippen LogP contribution in [0.5, 0.6) is 0 Å². The molecule has 0 aliphatic heterocycles. The van der Waals surface area contributed by atoms with Gasteiger partial charge in [0.05, 0.1) is 4.92 Å². The van der Waals surface area contributed by atoms with E-state index in [0.29, 0.717) is 0 Å². The predicted octanol–water partition coefficient (Wildman–Crippen LogP) is 4.91. The Labute approximate surface area is 180 Å². The third-order valence-corrected chi connectivity index (χ3v) is 4.86. The van der Waals surface area contributed by atoms with E-state index in [1.165, 1.54) is 23.8 Å². The fourth-order valence-electron chi connectivity index (χ4n) is 3.23. The Morgan fingerprint density at radius 1 is 1.07 bits per heavy atom. The van der Waals surface area contributed by atoms with E-state index in [1.807, 2.05) is 38.4 Å². The van der Waals surface area contributed by atoms with E-state index in [0.717, 1.165) is 23.2 Å². The van der Waals surface area contributed by atoms with Gasteiger partial charge >= 0.3 is 0 Å². The predicted molar refractivity (Wildman–Crippen MR) is 119 cm³/mol. The lowest BCUT2D eigenvalue weighted by atomic mass is 9.98. The molecule has 7 heteroatoms. The minimum absolute atomic E-state index is 0.0186. The third-order valence-electron chi connectivity index (χ3n) is 4.62. The van der Waals surface area contributed by atoms with Crippen molar-refractivity contribution in [3.63, 3.8) is 0 Å². The summed E-state index contributed by atoms with van der Waals surface area (Å²) < 4.78 is 0. The van der Waals surface area contributed by atoms with Gasteiger partial charge in [0.2, 0.25) is 0 Å². The Kier molecular flexibility index (Phi) is 6.82. The van der Waals surface area contributed by atoms with Crippen LogP contribution in [-0.2, 0) is 13.1 Å². The summed E-state index contributed by atoms with van der Waals surface area (Å²) in [6, 6.07) is 20.1. The first-order valence-electron chi connectivity index (χ1n) is 9.39. The molecule has 0 fully saturated rings. The number of nitrogens with zero attached hydrogens (tertiary/aromatic N) is 2. The molecule has 3 aromatic rings. The molecule has 30 heavy (non-hydrogen) atoms. The fourth-order valence-corrected chi connectivity index (χ4v) is 3.40. The molecule has 0 aromatic heterocycles. The summed E-state index contributed by atoms with van der Waals surface area (Å²) in [5.74, 6) is -0.519. The summed E-state index contributed by atoms with van der Waals surface area (Å²) >= 11 is 5.83. The maximum atomic E-state index is 12.6. The van der Waals surface area contributed by atoms with E-state index >= 15 is 0 Å². The first kappa shape index (κ1) is 21.5. The van der Waals surface area contributed by atoms with Crippen LogP contribution in [0.2, 0.25) is 5.02 Å². The van der Waals surface area contributed by atoms with Gasteiger partial charge in [-0.25, -0.2) is 0 Å². The van der Waals surface area contributed by atoms with Crippen molar-refractivity contribution in [2.45, 2.75) is 13.1 Å². The molecule has 0 aliphatic rings. The molecule has 0 aliphatic carbocycles. The molecule has 0 spiro atoms. The first-order valence-corrected chi connectivity index (χ1v) is 9.77. The minimum atomic E-state index is -0.607. The van der Waals surface area contributed by atoms with Gasteiger partial charge in [0.25, 0.3) is 11.6 Å². The van der Waals surface area contributed by atoms with Crippen molar-refractivity contribution < 1.29 is 9.72 Å². The maximum absolute atomic E-state index is 12.6. The monoisotopic (exact) mass is 423 g/mol. The van der Waals surface area contributed by atoms with Gasteiger partial charge in [-0.05, 0) is 48.5 Å². The number of amides is 1. The Morgan fingerprint density at radius 3 is 2.43 bits per heavy atom. The number of halogens is 1. The molecule has 6 nitrogen and oxygen atoms in total. The topological polar surface area (TPSA) is 75.5 Å².